The molecule has 0 aliphatic heterocycles. The molecule has 0 bridgehead atoms. The van der Waals surface area contributed by atoms with Gasteiger partial charge in [-0.25, -0.2) is 0 Å². The van der Waals surface area contributed by atoms with Crippen LogP contribution in [0.5, 0.6) is 0 Å². The summed E-state index contributed by atoms with van der Waals surface area (Å²) in [5.74, 6) is 0.185. The van der Waals surface area contributed by atoms with E-state index >= 15 is 0 Å². The number of aliphatic hydroxyl groups is 1. The summed E-state index contributed by atoms with van der Waals surface area (Å²) in [6.07, 6.45) is 0.508. The Morgan fingerprint density at radius 1 is 1.67 bits per heavy atom. The molecule has 0 fully saturated rings. The Labute approximate surface area is 55.9 Å². The van der Waals surface area contributed by atoms with E-state index in [1.807, 2.05) is 13.8 Å². The van der Waals surface area contributed by atoms with Gasteiger partial charge in [0.25, 0.3) is 0 Å². The molecule has 1 N–H and O–H groups in total. The second-order valence-electron chi connectivity index (χ2n) is 1.95. The lowest BCUT2D eigenvalue weighted by atomic mass is 10.3. The normalized spacial score (nSPS) is 11.6. The second-order valence-corrected chi connectivity index (χ2v) is 1.95. The Hall–Kier alpha value is -0.790. The molecule has 0 amide bonds. The fraction of sp³-hybridized carbons (Fsp3) is 0.571. The first kappa shape index (κ1) is 8.21. The molecular weight excluding hydrogens is 114 g/mol. The van der Waals surface area contributed by atoms with Crippen LogP contribution in [0.25, 0.3) is 0 Å². The minimum atomic E-state index is 0.185. The molecule has 2 heteroatoms. The van der Waals surface area contributed by atoms with Crippen LogP contribution in [0.1, 0.15) is 20.3 Å². The predicted molar refractivity (Wildman–Crippen MR) is 40.0 cm³/mol. The molecule has 0 radical (unpaired) electrons. The largest absolute Gasteiger partial charge is 0.513 e. The zero-order chi connectivity index (χ0) is 7.28. The van der Waals surface area contributed by atoms with Crippen molar-refractivity contribution in [2.24, 2.45) is 4.99 Å². The molecule has 0 aromatic heterocycles. The minimum absolute atomic E-state index is 0.185. The van der Waals surface area contributed by atoms with E-state index in [9.17, 15) is 0 Å². The number of allylic oxidation sites excluding steroid dienone is 1. The van der Waals surface area contributed by atoms with E-state index < -0.39 is 0 Å². The molecule has 0 aromatic rings. The maximum Gasteiger partial charge on any atom is 0.0906 e. The first-order valence-electron chi connectivity index (χ1n) is 3.03. The van der Waals surface area contributed by atoms with E-state index in [1.165, 1.54) is 0 Å². The molecule has 0 saturated heterocycles. The highest BCUT2D eigenvalue weighted by atomic mass is 16.3. The average molecular weight is 127 g/mol. The van der Waals surface area contributed by atoms with Gasteiger partial charge in [-0.05, 0) is 13.8 Å². The van der Waals surface area contributed by atoms with Crippen molar-refractivity contribution in [2.75, 3.05) is 6.54 Å². The standard InChI is InChI=1S/C7H13NO/c1-4-8-6(2)5-7(3)9/h9H,3-5H2,1-2H3. The molecule has 0 aliphatic rings. The van der Waals surface area contributed by atoms with Gasteiger partial charge in [0.05, 0.1) is 5.76 Å². The zero-order valence-corrected chi connectivity index (χ0v) is 6.02. The van der Waals surface area contributed by atoms with Gasteiger partial charge in [-0.1, -0.05) is 6.58 Å². The lowest BCUT2D eigenvalue weighted by Gasteiger charge is -1.95. The smallest absolute Gasteiger partial charge is 0.0906 e. The van der Waals surface area contributed by atoms with Gasteiger partial charge >= 0.3 is 0 Å². The van der Waals surface area contributed by atoms with Crippen LogP contribution in [0, 0.1) is 0 Å². The highest BCUT2D eigenvalue weighted by molar-refractivity contribution is 5.83. The molecule has 0 heterocycles. The number of aliphatic hydroxyl groups excluding tert-OH is 1. The third kappa shape index (κ3) is 5.07. The Kier molecular flexibility index (Phi) is 3.76. The maximum absolute atomic E-state index is 8.67. The van der Waals surface area contributed by atoms with Gasteiger partial charge < -0.3 is 5.11 Å². The van der Waals surface area contributed by atoms with Gasteiger partial charge in [0, 0.05) is 18.7 Å². The van der Waals surface area contributed by atoms with E-state index in [2.05, 4.69) is 11.6 Å². The van der Waals surface area contributed by atoms with Crippen LogP contribution in [0.2, 0.25) is 0 Å². The van der Waals surface area contributed by atoms with Crippen molar-refractivity contribution in [3.63, 3.8) is 0 Å². The maximum atomic E-state index is 8.67. The van der Waals surface area contributed by atoms with Gasteiger partial charge in [0.15, 0.2) is 0 Å². The van der Waals surface area contributed by atoms with Gasteiger partial charge in [-0.15, -0.1) is 0 Å². The highest BCUT2D eigenvalue weighted by Crippen LogP contribution is 1.94. The van der Waals surface area contributed by atoms with Crippen LogP contribution in [0.3, 0.4) is 0 Å². The number of nitrogens with zero attached hydrogens (tertiary/aromatic N) is 1. The lowest BCUT2D eigenvalue weighted by molar-refractivity contribution is 0.408. The van der Waals surface area contributed by atoms with Crippen LogP contribution in [-0.2, 0) is 0 Å². The molecule has 52 valence electrons. The summed E-state index contributed by atoms with van der Waals surface area (Å²) < 4.78 is 0. The first-order valence-corrected chi connectivity index (χ1v) is 3.03. The van der Waals surface area contributed by atoms with Crippen molar-refractivity contribution in [3.05, 3.63) is 12.3 Å². The predicted octanol–water partition coefficient (Wildman–Crippen LogP) is 1.93. The van der Waals surface area contributed by atoms with E-state index in [4.69, 9.17) is 5.11 Å². The van der Waals surface area contributed by atoms with Crippen LogP contribution < -0.4 is 0 Å². The first-order chi connectivity index (χ1) is 4.16. The van der Waals surface area contributed by atoms with E-state index in [1.54, 1.807) is 0 Å². The Morgan fingerprint density at radius 2 is 2.22 bits per heavy atom. The fourth-order valence-corrected chi connectivity index (χ4v) is 0.621. The van der Waals surface area contributed by atoms with Crippen LogP contribution in [-0.4, -0.2) is 17.4 Å². The summed E-state index contributed by atoms with van der Waals surface area (Å²) >= 11 is 0. The highest BCUT2D eigenvalue weighted by Gasteiger charge is 1.90. The minimum Gasteiger partial charge on any atom is -0.513 e. The molecule has 0 aliphatic carbocycles. The van der Waals surface area contributed by atoms with Crippen LogP contribution in [0.4, 0.5) is 0 Å². The van der Waals surface area contributed by atoms with Crippen LogP contribution in [0.15, 0.2) is 17.3 Å². The molecule has 9 heavy (non-hydrogen) atoms. The summed E-state index contributed by atoms with van der Waals surface area (Å²) in [7, 11) is 0. The van der Waals surface area contributed by atoms with Crippen LogP contribution >= 0.6 is 0 Å². The molecule has 0 atom stereocenters. The number of hydrogen-bond donors (Lipinski definition) is 1. The van der Waals surface area contributed by atoms with E-state index in [0.29, 0.717) is 6.42 Å². The zero-order valence-electron chi connectivity index (χ0n) is 6.02. The summed E-state index contributed by atoms with van der Waals surface area (Å²) in [5, 5.41) is 8.67. The Balaban J connectivity index is 3.62. The molecule has 0 aromatic carbocycles. The summed E-state index contributed by atoms with van der Waals surface area (Å²) in [6, 6.07) is 0. The van der Waals surface area contributed by atoms with Crippen molar-refractivity contribution in [1.82, 2.24) is 0 Å². The van der Waals surface area contributed by atoms with Gasteiger partial charge in [0.1, 0.15) is 0 Å². The number of hydrogen-bond acceptors (Lipinski definition) is 2. The van der Waals surface area contributed by atoms with Gasteiger partial charge in [-0.3, -0.25) is 4.99 Å². The van der Waals surface area contributed by atoms with E-state index in [0.717, 1.165) is 12.3 Å². The van der Waals surface area contributed by atoms with Gasteiger partial charge in [-0.2, -0.15) is 0 Å². The molecule has 0 saturated carbocycles. The van der Waals surface area contributed by atoms with Crippen molar-refractivity contribution in [3.8, 4) is 0 Å². The van der Waals surface area contributed by atoms with Crippen molar-refractivity contribution in [1.29, 1.82) is 0 Å². The molecular formula is C7H13NO. The monoisotopic (exact) mass is 127 g/mol. The van der Waals surface area contributed by atoms with Crippen molar-refractivity contribution in [2.45, 2.75) is 20.3 Å². The fourth-order valence-electron chi connectivity index (χ4n) is 0.621. The SMILES string of the molecule is C=C(O)CC(C)=NCC. The average Bonchev–Trinajstić information content (AvgIpc) is 1.63. The Morgan fingerprint density at radius 3 is 2.56 bits per heavy atom. The second kappa shape index (κ2) is 4.13. The van der Waals surface area contributed by atoms with Crippen molar-refractivity contribution < 1.29 is 5.11 Å². The molecule has 0 spiro atoms. The molecule has 2 nitrogen and oxygen atoms in total. The third-order valence-electron chi connectivity index (χ3n) is 0.888. The number of aliphatic imine (C=N–C) groups is 1. The third-order valence-corrected chi connectivity index (χ3v) is 0.888. The summed E-state index contributed by atoms with van der Waals surface area (Å²) in [6.45, 7) is 7.97. The summed E-state index contributed by atoms with van der Waals surface area (Å²) in [4.78, 5) is 4.06. The molecule has 0 unspecified atom stereocenters. The van der Waals surface area contributed by atoms with Crippen molar-refractivity contribution >= 4 is 5.71 Å². The summed E-state index contributed by atoms with van der Waals surface area (Å²) in [5.41, 5.74) is 0.935. The molecule has 0 rings (SSSR count). The van der Waals surface area contributed by atoms with Gasteiger partial charge in [0.2, 0.25) is 0 Å². The Bertz CT molecular complexity index is 127. The number of rotatable bonds is 3. The topological polar surface area (TPSA) is 32.6 Å². The quantitative estimate of drug-likeness (QED) is 0.456. The van der Waals surface area contributed by atoms with E-state index in [-0.39, 0.29) is 5.76 Å². The lowest BCUT2D eigenvalue weighted by Crippen LogP contribution is -1.93.